The Labute approximate surface area is 162 Å². The number of hydrogen-bond acceptors (Lipinski definition) is 3. The molecule has 2 aromatic rings. The van der Waals surface area contributed by atoms with Gasteiger partial charge in [0.25, 0.3) is 11.8 Å². The van der Waals surface area contributed by atoms with Gasteiger partial charge in [0.1, 0.15) is 0 Å². The number of rotatable bonds is 3. The Kier molecular flexibility index (Phi) is 4.68. The molecule has 0 bridgehead atoms. The number of nitrogens with two attached hydrogens (primary N) is 1. The largest absolute Gasteiger partial charge is 0.366 e. The number of carbonyl (C=O) groups is 3. The third kappa shape index (κ3) is 2.87. The number of fused-ring (bicyclic) bond motifs is 1. The minimum atomic E-state index is -0.621. The highest BCUT2D eigenvalue weighted by Gasteiger charge is 2.41. The number of benzene rings is 2. The van der Waals surface area contributed by atoms with Gasteiger partial charge in [0.15, 0.2) is 0 Å². The quantitative estimate of drug-likeness (QED) is 0.461. The van der Waals surface area contributed by atoms with Crippen molar-refractivity contribution in [2.24, 2.45) is 5.73 Å². The standard InChI is InChI=1S/C16H8Cl4N2O3/c17-10-8-9(11(18)13(20)12(10)19)16(25)22(15(8)24)5-6-1-3-7(4-2-6)14(21)23/h1-4H,5H2,(H2,21,23). The maximum atomic E-state index is 12.6. The average Bonchev–Trinajstić information content (AvgIpc) is 2.83. The van der Waals surface area contributed by atoms with E-state index < -0.39 is 17.7 Å². The van der Waals surface area contributed by atoms with Crippen LogP contribution >= 0.6 is 46.4 Å². The molecule has 1 aliphatic rings. The zero-order valence-electron chi connectivity index (χ0n) is 12.3. The number of imide groups is 1. The van der Waals surface area contributed by atoms with Crippen LogP contribution in [-0.4, -0.2) is 22.6 Å². The molecule has 1 aliphatic heterocycles. The van der Waals surface area contributed by atoms with Crippen LogP contribution in [0.1, 0.15) is 36.6 Å². The van der Waals surface area contributed by atoms with Crippen molar-refractivity contribution < 1.29 is 14.4 Å². The number of nitrogens with zero attached hydrogens (tertiary/aromatic N) is 1. The highest BCUT2D eigenvalue weighted by molar-refractivity contribution is 6.55. The molecule has 3 amide bonds. The molecule has 0 saturated carbocycles. The maximum Gasteiger partial charge on any atom is 0.263 e. The fourth-order valence-electron chi connectivity index (χ4n) is 2.50. The number of hydrogen-bond donors (Lipinski definition) is 1. The molecular formula is C16H8Cl4N2O3. The van der Waals surface area contributed by atoms with Crippen LogP contribution in [0.4, 0.5) is 0 Å². The molecule has 0 aliphatic carbocycles. The number of amides is 3. The van der Waals surface area contributed by atoms with E-state index in [1.807, 2.05) is 0 Å². The predicted octanol–water partition coefficient (Wildman–Crippen LogP) is 4.20. The normalized spacial score (nSPS) is 13.4. The Morgan fingerprint density at radius 1 is 0.840 bits per heavy atom. The molecule has 5 nitrogen and oxygen atoms in total. The zero-order valence-corrected chi connectivity index (χ0v) is 15.3. The van der Waals surface area contributed by atoms with Gasteiger partial charge >= 0.3 is 0 Å². The second-order valence-corrected chi connectivity index (χ2v) is 6.78. The number of primary amides is 1. The van der Waals surface area contributed by atoms with E-state index in [-0.39, 0.29) is 37.8 Å². The summed E-state index contributed by atoms with van der Waals surface area (Å²) in [4.78, 5) is 37.3. The molecule has 0 atom stereocenters. The second kappa shape index (κ2) is 6.50. The van der Waals surface area contributed by atoms with Crippen LogP contribution in [-0.2, 0) is 6.54 Å². The summed E-state index contributed by atoms with van der Waals surface area (Å²) >= 11 is 24.1. The van der Waals surface area contributed by atoms with Crippen molar-refractivity contribution >= 4 is 64.1 Å². The number of carbonyl (C=O) groups excluding carboxylic acids is 3. The molecular weight excluding hydrogens is 410 g/mol. The van der Waals surface area contributed by atoms with E-state index >= 15 is 0 Å². The van der Waals surface area contributed by atoms with Gasteiger partial charge in [-0.25, -0.2) is 0 Å². The van der Waals surface area contributed by atoms with Crippen LogP contribution in [0.25, 0.3) is 0 Å². The van der Waals surface area contributed by atoms with E-state index in [9.17, 15) is 14.4 Å². The third-order valence-corrected chi connectivity index (χ3v) is 5.57. The van der Waals surface area contributed by atoms with Gasteiger partial charge in [-0.1, -0.05) is 58.5 Å². The van der Waals surface area contributed by atoms with E-state index in [1.165, 1.54) is 12.1 Å². The highest BCUT2D eigenvalue weighted by atomic mass is 35.5. The minimum absolute atomic E-state index is 0.0344. The molecule has 0 radical (unpaired) electrons. The topological polar surface area (TPSA) is 80.5 Å². The summed E-state index contributed by atoms with van der Waals surface area (Å²) in [6.07, 6.45) is 0. The average molecular weight is 418 g/mol. The number of halogens is 4. The summed E-state index contributed by atoms with van der Waals surface area (Å²) in [5.74, 6) is -1.82. The van der Waals surface area contributed by atoms with Crippen molar-refractivity contribution in [1.29, 1.82) is 0 Å². The van der Waals surface area contributed by atoms with Crippen LogP contribution in [0, 0.1) is 0 Å². The van der Waals surface area contributed by atoms with Gasteiger partial charge < -0.3 is 5.73 Å². The van der Waals surface area contributed by atoms with E-state index in [2.05, 4.69) is 0 Å². The molecule has 0 aromatic heterocycles. The summed E-state index contributed by atoms with van der Waals surface area (Å²) in [6.45, 7) is -0.0344. The van der Waals surface area contributed by atoms with Gasteiger partial charge in [-0.05, 0) is 17.7 Å². The Hall–Kier alpha value is -1.79. The predicted molar refractivity (Wildman–Crippen MR) is 95.6 cm³/mol. The third-order valence-electron chi connectivity index (χ3n) is 3.76. The summed E-state index contributed by atoms with van der Waals surface area (Å²) in [5.41, 5.74) is 5.97. The SMILES string of the molecule is NC(=O)c1ccc(CN2C(=O)c3c(Cl)c(Cl)c(Cl)c(Cl)c3C2=O)cc1. The van der Waals surface area contributed by atoms with Crippen LogP contribution in [0.15, 0.2) is 24.3 Å². The fraction of sp³-hybridized carbons (Fsp3) is 0.0625. The molecule has 0 saturated heterocycles. The lowest BCUT2D eigenvalue weighted by Gasteiger charge is -2.14. The van der Waals surface area contributed by atoms with Crippen LogP contribution in [0.3, 0.4) is 0 Å². The van der Waals surface area contributed by atoms with Crippen molar-refractivity contribution in [3.05, 3.63) is 66.6 Å². The lowest BCUT2D eigenvalue weighted by molar-refractivity contribution is 0.0642. The Morgan fingerprint density at radius 2 is 1.28 bits per heavy atom. The minimum Gasteiger partial charge on any atom is -0.366 e. The molecule has 25 heavy (non-hydrogen) atoms. The monoisotopic (exact) mass is 416 g/mol. The molecule has 9 heteroatoms. The van der Waals surface area contributed by atoms with Gasteiger partial charge in [-0.15, -0.1) is 0 Å². The summed E-state index contributed by atoms with van der Waals surface area (Å²) in [5, 5.41) is -0.395. The molecule has 0 fully saturated rings. The van der Waals surface area contributed by atoms with Crippen LogP contribution < -0.4 is 5.73 Å². The molecule has 3 rings (SSSR count). The molecule has 1 heterocycles. The highest BCUT2D eigenvalue weighted by Crippen LogP contribution is 2.45. The van der Waals surface area contributed by atoms with Crippen molar-refractivity contribution in [3.63, 3.8) is 0 Å². The first-order valence-electron chi connectivity index (χ1n) is 6.85. The Morgan fingerprint density at radius 3 is 1.68 bits per heavy atom. The lowest BCUT2D eigenvalue weighted by atomic mass is 10.1. The van der Waals surface area contributed by atoms with Crippen molar-refractivity contribution in [2.45, 2.75) is 6.54 Å². The van der Waals surface area contributed by atoms with Crippen LogP contribution in [0.5, 0.6) is 0 Å². The first-order chi connectivity index (χ1) is 11.7. The van der Waals surface area contributed by atoms with Gasteiger partial charge in [-0.3, -0.25) is 19.3 Å². The van der Waals surface area contributed by atoms with Gasteiger partial charge in [0.2, 0.25) is 5.91 Å². The molecule has 128 valence electrons. The lowest BCUT2D eigenvalue weighted by Crippen LogP contribution is -2.29. The maximum absolute atomic E-state index is 12.6. The van der Waals surface area contributed by atoms with Crippen molar-refractivity contribution in [2.75, 3.05) is 0 Å². The molecule has 2 aromatic carbocycles. The van der Waals surface area contributed by atoms with Crippen molar-refractivity contribution in [1.82, 2.24) is 4.90 Å². The summed E-state index contributed by atoms with van der Waals surface area (Å²) < 4.78 is 0. The second-order valence-electron chi connectivity index (χ2n) is 5.26. The van der Waals surface area contributed by atoms with E-state index in [0.717, 1.165) is 4.90 Å². The van der Waals surface area contributed by atoms with Gasteiger partial charge in [0, 0.05) is 5.56 Å². The molecule has 0 spiro atoms. The van der Waals surface area contributed by atoms with E-state index in [4.69, 9.17) is 52.1 Å². The Balaban J connectivity index is 1.99. The van der Waals surface area contributed by atoms with Crippen LogP contribution in [0.2, 0.25) is 20.1 Å². The summed E-state index contributed by atoms with van der Waals surface area (Å²) in [6, 6.07) is 6.19. The molecule has 0 unspecified atom stereocenters. The summed E-state index contributed by atoms with van der Waals surface area (Å²) in [7, 11) is 0. The first-order valence-corrected chi connectivity index (χ1v) is 8.36. The Bertz CT molecular complexity index is 895. The fourth-order valence-corrected chi connectivity index (χ4v) is 3.51. The van der Waals surface area contributed by atoms with E-state index in [1.54, 1.807) is 12.1 Å². The van der Waals surface area contributed by atoms with E-state index in [0.29, 0.717) is 11.1 Å². The zero-order chi connectivity index (χ0) is 18.5. The molecule has 2 N–H and O–H groups in total. The smallest absolute Gasteiger partial charge is 0.263 e. The van der Waals surface area contributed by atoms with Crippen molar-refractivity contribution in [3.8, 4) is 0 Å². The van der Waals surface area contributed by atoms with Gasteiger partial charge in [0.05, 0.1) is 37.8 Å². The first kappa shape index (κ1) is 18.0. The van der Waals surface area contributed by atoms with Gasteiger partial charge in [-0.2, -0.15) is 0 Å².